The van der Waals surface area contributed by atoms with E-state index in [9.17, 15) is 99.8 Å². The first-order valence-corrected chi connectivity index (χ1v) is 36.1. The molecule has 0 spiro atoms. The van der Waals surface area contributed by atoms with Gasteiger partial charge < -0.3 is 180 Å². The molecule has 0 saturated heterocycles. The molecule has 0 amide bonds. The van der Waals surface area contributed by atoms with Crippen molar-refractivity contribution in [3.63, 3.8) is 0 Å². The third kappa shape index (κ3) is 109. The van der Waals surface area contributed by atoms with E-state index in [4.69, 9.17) is 60.2 Å². The highest BCUT2D eigenvalue weighted by molar-refractivity contribution is 7.46. The van der Waals surface area contributed by atoms with Gasteiger partial charge in [-0.2, -0.15) is 0 Å². The number of phosphoric ester groups is 7. The van der Waals surface area contributed by atoms with Crippen LogP contribution < -0.4 is 45.7 Å². The van der Waals surface area contributed by atoms with Crippen LogP contribution in [0.25, 0.3) is 0 Å². The Hall–Kier alpha value is -3.30. The molecule has 58 heteroatoms. The highest BCUT2D eigenvalue weighted by Gasteiger charge is 2.18. The Morgan fingerprint density at radius 1 is 0.268 bits per heavy atom. The molecule has 0 bridgehead atoms. The molecule has 97 heavy (non-hydrogen) atoms. The van der Waals surface area contributed by atoms with Gasteiger partial charge >= 0.3 is 41.8 Å². The molecule has 0 aromatic rings. The van der Waals surface area contributed by atoms with Gasteiger partial charge in [0.25, 0.3) is 54.8 Å². The lowest BCUT2D eigenvalue weighted by Crippen LogP contribution is -2.52. The van der Waals surface area contributed by atoms with E-state index >= 15 is 0 Å². The van der Waals surface area contributed by atoms with Crippen molar-refractivity contribution in [3.05, 3.63) is 0 Å². The van der Waals surface area contributed by atoms with Crippen LogP contribution in [0, 0.1) is 0 Å². The maximum absolute atomic E-state index is 11.0. The molecule has 0 aromatic heterocycles. The predicted molar refractivity (Wildman–Crippen MR) is 292 cm³/mol. The van der Waals surface area contributed by atoms with E-state index in [0.29, 0.717) is 0 Å². The molecular formula is C39H82N2O49P7-5. The van der Waals surface area contributed by atoms with E-state index in [0.717, 1.165) is 34.6 Å². The molecule has 0 heterocycles. The molecule has 14 atom stereocenters. The Morgan fingerprint density at radius 3 is 0.495 bits per heavy atom. The summed E-state index contributed by atoms with van der Waals surface area (Å²) in [5.74, 6) is -4.16. The molecule has 0 aliphatic carbocycles. The number of ether oxygens (including phenoxy) is 7. The predicted octanol–water partition coefficient (Wildman–Crippen LogP) is -12.8. The summed E-state index contributed by atoms with van der Waals surface area (Å²) in [5.41, 5.74) is 6.77. The summed E-state index contributed by atoms with van der Waals surface area (Å²) in [6.45, 7) is 1.58. The lowest BCUT2D eigenvalue weighted by atomic mass is 10.4. The normalized spacial score (nSPS) is 17.2. The Labute approximate surface area is 550 Å². The van der Waals surface area contributed by atoms with Crippen molar-refractivity contribution in [1.82, 2.24) is 0 Å². The van der Waals surface area contributed by atoms with Gasteiger partial charge in [-0.05, 0) is 0 Å². The summed E-state index contributed by atoms with van der Waals surface area (Å²) in [6.07, 6.45) is -8.82. The standard InChI is InChI=1S/2C7H16NO7P.5C5H11O7P/c2*1-6(9)13-4-7(10)5-15-16(11,12)14-3-2-8;5*1-4(6)11-2-5(7)3-12-13(8,9)10/h2*7,10H,2-5,8H2,1H3,(H,11,12);5*5,7H,2-3H2,1H3,(H2,8,9,10)/p-5. The van der Waals surface area contributed by atoms with Crippen LogP contribution >= 0.6 is 54.8 Å². The Morgan fingerprint density at radius 2 is 0.392 bits per heavy atom. The first-order valence-electron chi connectivity index (χ1n) is 25.7. The zero-order chi connectivity index (χ0) is 77.6. The van der Waals surface area contributed by atoms with Gasteiger partial charge in [-0.3, -0.25) is 65.5 Å². The maximum atomic E-state index is 11.0. The summed E-state index contributed by atoms with van der Waals surface area (Å²) < 4.78 is 139. The van der Waals surface area contributed by atoms with Gasteiger partial charge in [0.1, 0.15) is 102 Å². The third-order valence-electron chi connectivity index (χ3n) is 7.14. The van der Waals surface area contributed by atoms with Gasteiger partial charge in [-0.25, -0.2) is 0 Å². The van der Waals surface area contributed by atoms with Crippen LogP contribution in [0.15, 0.2) is 0 Å². The number of rotatable bonds is 41. The first kappa shape index (κ1) is 107. The average Bonchev–Trinajstić information content (AvgIpc) is 1.28. The number of aliphatic hydroxyl groups is 7. The van der Waals surface area contributed by atoms with Crippen molar-refractivity contribution in [3.8, 4) is 0 Å². The zero-order valence-electron chi connectivity index (χ0n) is 52.3. The molecule has 0 rings (SSSR count). The number of hydrogen-bond donors (Lipinski definition) is 14. The van der Waals surface area contributed by atoms with E-state index < -0.39 is 186 Å². The van der Waals surface area contributed by atoms with Crippen LogP contribution in [0.4, 0.5) is 0 Å². The highest BCUT2D eigenvalue weighted by atomic mass is 31.2. The van der Waals surface area contributed by atoms with Gasteiger partial charge in [-0.15, -0.1) is 0 Å². The summed E-state index contributed by atoms with van der Waals surface area (Å²) in [5, 5.41) is 62.8. The fourth-order valence-electron chi connectivity index (χ4n) is 3.51. The smallest absolute Gasteiger partial charge is 0.302 e. The molecule has 14 unspecified atom stereocenters. The van der Waals surface area contributed by atoms with Crippen LogP contribution in [0.5, 0.6) is 0 Å². The van der Waals surface area contributed by atoms with Gasteiger partial charge in [-0.1, -0.05) is 0 Å². The fraction of sp³-hybridized carbons (Fsp3) is 0.821. The SMILES string of the molecule is CC(=O)OCC(O)COP(=O)([O-])O.CC(=O)OCC(O)COP(=O)([O-])O.CC(=O)OCC(O)COP(=O)([O-])O.CC(=O)OCC(O)COP(=O)([O-])O.CC(=O)OCC(O)COP(=O)([O-])O.CC(=O)OCC(O)COP(=O)([O-])OCC[NH3+].CC(=O)OCC(O)COP(=O)([O-])OCC[NH3+]. The number of phosphoric acid groups is 7. The van der Waals surface area contributed by atoms with Crippen molar-refractivity contribution in [1.29, 1.82) is 0 Å². The molecule has 0 aromatic carbocycles. The van der Waals surface area contributed by atoms with Crippen molar-refractivity contribution in [2.24, 2.45) is 0 Å². The second-order valence-electron chi connectivity index (χ2n) is 16.9. The molecule has 51 nitrogen and oxygen atoms in total. The number of esters is 7. The maximum Gasteiger partial charge on any atom is 0.302 e. The average molecular weight is 1580 g/mol. The summed E-state index contributed by atoms with van der Waals surface area (Å²) in [6, 6.07) is 0. The number of aliphatic hydroxyl groups excluding tert-OH is 7. The van der Waals surface area contributed by atoms with E-state index in [1.54, 1.807) is 0 Å². The minimum atomic E-state index is -4.82. The lowest BCUT2D eigenvalue weighted by molar-refractivity contribution is -0.373. The van der Waals surface area contributed by atoms with Gasteiger partial charge in [0.15, 0.2) is 0 Å². The summed E-state index contributed by atoms with van der Waals surface area (Å²) in [4.78, 5) is 184. The van der Waals surface area contributed by atoms with E-state index in [1.165, 1.54) is 13.8 Å². The molecule has 0 aliphatic heterocycles. The Kier molecular flexibility index (Phi) is 65.4. The number of hydrogen-bond acceptors (Lipinski definition) is 44. The van der Waals surface area contributed by atoms with Gasteiger partial charge in [0.2, 0.25) is 0 Å². The molecular weight excluding hydrogens is 1500 g/mol. The third-order valence-corrected chi connectivity index (χ3v) is 11.4. The highest BCUT2D eigenvalue weighted by Crippen LogP contribution is 2.39. The van der Waals surface area contributed by atoms with Gasteiger partial charge in [0.05, 0.1) is 59.3 Å². The monoisotopic (exact) mass is 1580 g/mol. The molecule has 18 N–H and O–H groups in total. The summed E-state index contributed by atoms with van der Waals surface area (Å²) >= 11 is 0. The van der Waals surface area contributed by atoms with E-state index in [-0.39, 0.29) is 72.6 Å². The van der Waals surface area contributed by atoms with Crippen LogP contribution in [0.2, 0.25) is 0 Å². The van der Waals surface area contributed by atoms with E-state index in [1.807, 2.05) is 0 Å². The van der Waals surface area contributed by atoms with Crippen LogP contribution in [0.3, 0.4) is 0 Å². The van der Waals surface area contributed by atoms with Crippen molar-refractivity contribution >= 4 is 96.5 Å². The molecule has 0 fully saturated rings. The number of carbonyl (C=O) groups excluding carboxylic acids is 7. The van der Waals surface area contributed by atoms with Crippen molar-refractivity contribution in [2.45, 2.75) is 91.2 Å². The van der Waals surface area contributed by atoms with Gasteiger partial charge in [0, 0.05) is 48.5 Å². The minimum Gasteiger partial charge on any atom is -0.756 e. The molecule has 582 valence electrons. The Balaban J connectivity index is -0.000000195. The zero-order valence-corrected chi connectivity index (χ0v) is 58.5. The van der Waals surface area contributed by atoms with Crippen LogP contribution in [-0.4, -0.2) is 264 Å². The second kappa shape index (κ2) is 59.3. The van der Waals surface area contributed by atoms with Crippen molar-refractivity contribution in [2.75, 3.05) is 119 Å². The number of carbonyl (C=O) groups is 7. The van der Waals surface area contributed by atoms with Crippen LogP contribution in [-0.2, 0) is 139 Å². The van der Waals surface area contributed by atoms with Crippen LogP contribution in [0.1, 0.15) is 48.5 Å². The molecule has 0 aliphatic rings. The van der Waals surface area contributed by atoms with E-state index in [2.05, 4.69) is 85.3 Å². The fourth-order valence-corrected chi connectivity index (χ4v) is 6.88. The topological polar surface area (TPSA) is 846 Å². The van der Waals surface area contributed by atoms with Crippen molar-refractivity contribution < 1.29 is 245 Å². The molecule has 0 saturated carbocycles. The Bertz CT molecular complexity index is 2180. The lowest BCUT2D eigenvalue weighted by Gasteiger charge is -2.23. The molecule has 0 radical (unpaired) electrons. The first-order chi connectivity index (χ1) is 43.8. The summed E-state index contributed by atoms with van der Waals surface area (Å²) in [7, 11) is -32.9. The second-order valence-corrected chi connectivity index (χ2v) is 25.7. The largest absolute Gasteiger partial charge is 0.756 e. The quantitative estimate of drug-likeness (QED) is 0.0154. The number of quaternary nitrogens is 2. The minimum absolute atomic E-state index is 0.0825.